The zero-order valence-corrected chi connectivity index (χ0v) is 10.7. The second-order valence-corrected chi connectivity index (χ2v) is 4.23. The molecular formula is C11H10BrN3O2. The average molecular weight is 296 g/mol. The minimum Gasteiger partial charge on any atom is -0.363 e. The summed E-state index contributed by atoms with van der Waals surface area (Å²) in [5, 5.41) is 7.89. The number of hydrogen-bond acceptors (Lipinski definition) is 5. The zero-order valence-electron chi connectivity index (χ0n) is 9.13. The highest BCUT2D eigenvalue weighted by molar-refractivity contribution is 9.10. The number of hydrogen-bond donors (Lipinski definition) is 0. The predicted octanol–water partition coefficient (Wildman–Crippen LogP) is 2.06. The Kier molecular flexibility index (Phi) is 3.75. The number of carbonyl (C=O) groups excluding carboxylic acids is 1. The molecule has 0 N–H and O–H groups in total. The first kappa shape index (κ1) is 12.1. The maximum atomic E-state index is 10.9. The van der Waals surface area contributed by atoms with E-state index >= 15 is 0 Å². The van der Waals surface area contributed by atoms with Gasteiger partial charge in [-0.1, -0.05) is 15.9 Å². The summed E-state index contributed by atoms with van der Waals surface area (Å²) in [6.45, 7) is 2.23. The molecule has 88 valence electrons. The van der Waals surface area contributed by atoms with Gasteiger partial charge in [0.2, 0.25) is 0 Å². The quantitative estimate of drug-likeness (QED) is 0.808. The third-order valence-electron chi connectivity index (χ3n) is 2.16. The summed E-state index contributed by atoms with van der Waals surface area (Å²) in [5.41, 5.74) is 1.36. The van der Waals surface area contributed by atoms with Crippen LogP contribution in [0.25, 0.3) is 11.0 Å². The lowest BCUT2D eigenvalue weighted by molar-refractivity contribution is -0.118. The molecule has 2 rings (SSSR count). The molecule has 0 saturated heterocycles. The van der Waals surface area contributed by atoms with Crippen LogP contribution in [0, 0.1) is 0 Å². The van der Waals surface area contributed by atoms with Gasteiger partial charge in [0.25, 0.3) is 0 Å². The number of aromatic nitrogens is 3. The number of rotatable bonds is 4. The van der Waals surface area contributed by atoms with E-state index in [0.717, 1.165) is 4.47 Å². The molecule has 2 aromatic rings. The van der Waals surface area contributed by atoms with Gasteiger partial charge < -0.3 is 4.74 Å². The Morgan fingerprint density at radius 3 is 2.94 bits per heavy atom. The van der Waals surface area contributed by atoms with E-state index < -0.39 is 6.10 Å². The Morgan fingerprint density at radius 1 is 1.41 bits per heavy atom. The minimum absolute atomic E-state index is 0.285. The highest BCUT2D eigenvalue weighted by Crippen LogP contribution is 2.18. The second-order valence-electron chi connectivity index (χ2n) is 3.32. The molecular weight excluding hydrogens is 286 g/mol. The largest absolute Gasteiger partial charge is 0.363 e. The molecule has 1 unspecified atom stereocenters. The Hall–Kier alpha value is -1.40. The fourth-order valence-electron chi connectivity index (χ4n) is 1.40. The van der Waals surface area contributed by atoms with Crippen LogP contribution in [-0.2, 0) is 9.53 Å². The maximum absolute atomic E-state index is 10.9. The Bertz CT molecular complexity index is 547. The number of fused-ring (bicyclic) bond motifs is 1. The topological polar surface area (TPSA) is 65.0 Å². The molecule has 0 spiro atoms. The molecule has 0 aliphatic carbocycles. The van der Waals surface area contributed by atoms with E-state index in [1.165, 1.54) is 0 Å². The average Bonchev–Trinajstić information content (AvgIpc) is 2.35. The van der Waals surface area contributed by atoms with Gasteiger partial charge in [-0.05, 0) is 25.1 Å². The van der Waals surface area contributed by atoms with Crippen molar-refractivity contribution in [2.75, 3.05) is 6.61 Å². The molecule has 0 radical (unpaired) electrons. The SMILES string of the molecule is CCOC(C=O)c1nnc2ccc(Br)cc2n1. The first-order valence-electron chi connectivity index (χ1n) is 5.11. The smallest absolute Gasteiger partial charge is 0.188 e. The van der Waals surface area contributed by atoms with E-state index in [-0.39, 0.29) is 5.82 Å². The van der Waals surface area contributed by atoms with Crippen molar-refractivity contribution in [1.82, 2.24) is 15.2 Å². The van der Waals surface area contributed by atoms with E-state index in [2.05, 4.69) is 31.1 Å². The molecule has 0 amide bonds. The molecule has 0 bridgehead atoms. The first-order chi connectivity index (χ1) is 8.24. The van der Waals surface area contributed by atoms with Crippen LogP contribution in [0.15, 0.2) is 22.7 Å². The molecule has 0 saturated carbocycles. The van der Waals surface area contributed by atoms with Crippen LogP contribution in [0.2, 0.25) is 0 Å². The standard InChI is InChI=1S/C11H10BrN3O2/c1-2-17-10(6-16)11-13-9-5-7(12)3-4-8(9)14-15-11/h3-6,10H,2H2,1H3. The Labute approximate surface area is 106 Å². The van der Waals surface area contributed by atoms with Crippen molar-refractivity contribution in [3.63, 3.8) is 0 Å². The highest BCUT2D eigenvalue weighted by Gasteiger charge is 2.14. The molecule has 5 nitrogen and oxygen atoms in total. The van der Waals surface area contributed by atoms with E-state index in [9.17, 15) is 4.79 Å². The van der Waals surface area contributed by atoms with Crippen LogP contribution >= 0.6 is 15.9 Å². The molecule has 17 heavy (non-hydrogen) atoms. The fraction of sp³-hybridized carbons (Fsp3) is 0.273. The Balaban J connectivity index is 2.45. The number of nitrogens with zero attached hydrogens (tertiary/aromatic N) is 3. The first-order valence-corrected chi connectivity index (χ1v) is 5.90. The van der Waals surface area contributed by atoms with Gasteiger partial charge in [0, 0.05) is 11.1 Å². The van der Waals surface area contributed by atoms with Crippen LogP contribution in [-0.4, -0.2) is 28.1 Å². The summed E-state index contributed by atoms with van der Waals surface area (Å²) >= 11 is 3.35. The van der Waals surface area contributed by atoms with Crippen molar-refractivity contribution in [3.05, 3.63) is 28.5 Å². The molecule has 6 heteroatoms. The van der Waals surface area contributed by atoms with Crippen LogP contribution in [0.5, 0.6) is 0 Å². The van der Waals surface area contributed by atoms with Crippen molar-refractivity contribution < 1.29 is 9.53 Å². The van der Waals surface area contributed by atoms with Crippen LogP contribution in [0.4, 0.5) is 0 Å². The second kappa shape index (κ2) is 5.29. The van der Waals surface area contributed by atoms with Gasteiger partial charge in [-0.2, -0.15) is 0 Å². The number of benzene rings is 1. The number of ether oxygens (including phenoxy) is 1. The zero-order chi connectivity index (χ0) is 12.3. The van der Waals surface area contributed by atoms with Gasteiger partial charge in [0.05, 0.1) is 5.52 Å². The minimum atomic E-state index is -0.754. The Morgan fingerprint density at radius 2 is 2.24 bits per heavy atom. The van der Waals surface area contributed by atoms with E-state index in [0.29, 0.717) is 23.9 Å². The van der Waals surface area contributed by atoms with Gasteiger partial charge in [0.15, 0.2) is 18.2 Å². The van der Waals surface area contributed by atoms with Gasteiger partial charge >= 0.3 is 0 Å². The number of carbonyl (C=O) groups is 1. The third kappa shape index (κ3) is 2.65. The highest BCUT2D eigenvalue weighted by atomic mass is 79.9. The lowest BCUT2D eigenvalue weighted by Gasteiger charge is -2.08. The number of halogens is 1. The van der Waals surface area contributed by atoms with Gasteiger partial charge in [0.1, 0.15) is 5.52 Å². The maximum Gasteiger partial charge on any atom is 0.188 e. The van der Waals surface area contributed by atoms with Crippen molar-refractivity contribution in [1.29, 1.82) is 0 Å². The normalized spacial score (nSPS) is 12.6. The summed E-state index contributed by atoms with van der Waals surface area (Å²) in [7, 11) is 0. The summed E-state index contributed by atoms with van der Waals surface area (Å²) in [6.07, 6.45) is -0.0828. The third-order valence-corrected chi connectivity index (χ3v) is 2.65. The summed E-state index contributed by atoms with van der Waals surface area (Å²) in [6, 6.07) is 5.49. The van der Waals surface area contributed by atoms with Crippen molar-refractivity contribution in [3.8, 4) is 0 Å². The summed E-state index contributed by atoms with van der Waals surface area (Å²) in [5.74, 6) is 0.285. The lowest BCUT2D eigenvalue weighted by Crippen LogP contribution is -2.11. The van der Waals surface area contributed by atoms with Crippen LogP contribution in [0.1, 0.15) is 18.9 Å². The fourth-order valence-corrected chi connectivity index (χ4v) is 1.75. The van der Waals surface area contributed by atoms with E-state index in [1.807, 2.05) is 19.1 Å². The molecule has 1 heterocycles. The summed E-state index contributed by atoms with van der Waals surface area (Å²) < 4.78 is 6.11. The van der Waals surface area contributed by atoms with Gasteiger partial charge in [-0.25, -0.2) is 4.98 Å². The monoisotopic (exact) mass is 295 g/mol. The molecule has 0 aliphatic rings. The lowest BCUT2D eigenvalue weighted by atomic mass is 10.3. The summed E-state index contributed by atoms with van der Waals surface area (Å²) in [4.78, 5) is 15.1. The molecule has 1 aromatic carbocycles. The van der Waals surface area contributed by atoms with Crippen LogP contribution < -0.4 is 0 Å². The predicted molar refractivity (Wildman–Crippen MR) is 65.5 cm³/mol. The van der Waals surface area contributed by atoms with Crippen molar-refractivity contribution >= 4 is 33.2 Å². The van der Waals surface area contributed by atoms with E-state index in [4.69, 9.17) is 4.74 Å². The van der Waals surface area contributed by atoms with Gasteiger partial charge in [-0.15, -0.1) is 10.2 Å². The molecule has 0 fully saturated rings. The van der Waals surface area contributed by atoms with Crippen LogP contribution in [0.3, 0.4) is 0 Å². The molecule has 1 atom stereocenters. The van der Waals surface area contributed by atoms with Crippen molar-refractivity contribution in [2.24, 2.45) is 0 Å². The van der Waals surface area contributed by atoms with Gasteiger partial charge in [-0.3, -0.25) is 4.79 Å². The van der Waals surface area contributed by atoms with E-state index in [1.54, 1.807) is 6.07 Å². The molecule has 0 aliphatic heterocycles. The van der Waals surface area contributed by atoms with Crippen molar-refractivity contribution in [2.45, 2.75) is 13.0 Å². The number of aldehydes is 1. The molecule has 1 aromatic heterocycles.